The second-order valence-corrected chi connectivity index (χ2v) is 11.5. The van der Waals surface area contributed by atoms with Crippen LogP contribution in [0.15, 0.2) is 82.8 Å². The minimum Gasteiger partial charge on any atom is -0.374 e. The van der Waals surface area contributed by atoms with Crippen molar-refractivity contribution in [2.75, 3.05) is 9.91 Å². The molecule has 8 nitrogen and oxygen atoms in total. The summed E-state index contributed by atoms with van der Waals surface area (Å²) in [7, 11) is -3.87. The molecule has 0 spiro atoms. The predicted molar refractivity (Wildman–Crippen MR) is 146 cm³/mol. The molecule has 0 unspecified atom stereocenters. The van der Waals surface area contributed by atoms with E-state index in [1.54, 1.807) is 4.90 Å². The van der Waals surface area contributed by atoms with E-state index in [1.165, 1.54) is 29.3 Å². The number of benzene rings is 3. The predicted octanol–water partition coefficient (Wildman–Crippen LogP) is 3.63. The second-order valence-electron chi connectivity index (χ2n) is 9.50. The second kappa shape index (κ2) is 9.45. The van der Waals surface area contributed by atoms with E-state index in [9.17, 15) is 13.2 Å². The molecule has 0 saturated heterocycles. The molecule has 0 atom stereocenters. The topological polar surface area (TPSA) is 122 Å². The molecule has 0 saturated carbocycles. The number of sulfonamides is 1. The fourth-order valence-corrected chi connectivity index (χ4v) is 4.57. The third-order valence-corrected chi connectivity index (χ3v) is 6.96. The van der Waals surface area contributed by atoms with Crippen LogP contribution < -0.4 is 20.8 Å². The Morgan fingerprint density at radius 1 is 1.03 bits per heavy atom. The number of thiocarbonyl (C=S) groups is 1. The summed E-state index contributed by atoms with van der Waals surface area (Å²) in [4.78, 5) is 15.3. The Hall–Kier alpha value is -3.60. The molecule has 1 heterocycles. The molecule has 0 aromatic heterocycles. The molecule has 4 N–H and O–H groups in total. The zero-order valence-electron chi connectivity index (χ0n) is 20.2. The lowest BCUT2D eigenvalue weighted by Gasteiger charge is -2.21. The lowest BCUT2D eigenvalue weighted by Crippen LogP contribution is -2.35. The van der Waals surface area contributed by atoms with Crippen LogP contribution in [0.25, 0.3) is 0 Å². The largest absolute Gasteiger partial charge is 0.374 e. The lowest BCUT2D eigenvalue weighted by atomic mass is 9.85. The minimum atomic E-state index is -3.87. The Kier molecular flexibility index (Phi) is 6.70. The fourth-order valence-electron chi connectivity index (χ4n) is 3.91. The van der Waals surface area contributed by atoms with Crippen LogP contribution in [0.5, 0.6) is 0 Å². The van der Waals surface area contributed by atoms with Crippen LogP contribution in [0, 0.1) is 0 Å². The molecule has 4 rings (SSSR count). The number of nitrogens with two attached hydrogens (primary N) is 2. The number of amides is 1. The average molecular weight is 522 g/mol. The molecule has 1 aliphatic heterocycles. The molecular weight excluding hydrogens is 494 g/mol. The van der Waals surface area contributed by atoms with Gasteiger partial charge in [-0.25, -0.2) is 18.6 Å². The van der Waals surface area contributed by atoms with Gasteiger partial charge in [-0.2, -0.15) is 5.10 Å². The van der Waals surface area contributed by atoms with Crippen molar-refractivity contribution in [1.82, 2.24) is 0 Å². The SMILES string of the molecule is CC(C)(C)c1ccc2c(c1)/C(=N/N(C(N)=S)c1ccc(S(N)(=O)=O)cc1)C(=O)N2Cc1ccccc1. The standard InChI is InChI=1S/C26H27N5O3S2/c1-26(2,3)18-9-14-22-21(15-18)23(24(32)30(22)16-17-7-5-4-6-8-17)29-31(25(27)35)19-10-12-20(13-11-19)36(28,33)34/h4-15H,16H2,1-3H3,(H2,27,35)(H2,28,33,34)/b29-23-. The van der Waals surface area contributed by atoms with Crippen LogP contribution in [0.4, 0.5) is 11.4 Å². The first kappa shape index (κ1) is 25.5. The fraction of sp³-hybridized carbons (Fsp3) is 0.192. The van der Waals surface area contributed by atoms with E-state index in [1.807, 2.05) is 48.5 Å². The molecule has 10 heteroatoms. The number of fused-ring (bicyclic) bond motifs is 1. The summed E-state index contributed by atoms with van der Waals surface area (Å²) in [5.74, 6) is -0.290. The van der Waals surface area contributed by atoms with Crippen molar-refractivity contribution in [3.8, 4) is 0 Å². The first-order valence-electron chi connectivity index (χ1n) is 11.2. The molecule has 0 aliphatic carbocycles. The van der Waals surface area contributed by atoms with Crippen LogP contribution in [0.3, 0.4) is 0 Å². The molecule has 0 fully saturated rings. The molecule has 3 aromatic carbocycles. The van der Waals surface area contributed by atoms with Gasteiger partial charge in [0.15, 0.2) is 10.8 Å². The van der Waals surface area contributed by atoms with Gasteiger partial charge in [0.25, 0.3) is 5.91 Å². The van der Waals surface area contributed by atoms with Crippen molar-refractivity contribution < 1.29 is 13.2 Å². The van der Waals surface area contributed by atoms with E-state index >= 15 is 0 Å². The highest BCUT2D eigenvalue weighted by Crippen LogP contribution is 2.35. The van der Waals surface area contributed by atoms with Gasteiger partial charge in [0.1, 0.15) is 0 Å². The Balaban J connectivity index is 1.83. The van der Waals surface area contributed by atoms with Crippen LogP contribution in [0.1, 0.15) is 37.5 Å². The van der Waals surface area contributed by atoms with Crippen LogP contribution in [-0.4, -0.2) is 25.1 Å². The molecule has 1 aliphatic rings. The van der Waals surface area contributed by atoms with Crippen molar-refractivity contribution in [2.24, 2.45) is 16.0 Å². The smallest absolute Gasteiger partial charge is 0.279 e. The summed E-state index contributed by atoms with van der Waals surface area (Å²) in [6.07, 6.45) is 0. The number of nitrogens with zero attached hydrogens (tertiary/aromatic N) is 3. The van der Waals surface area contributed by atoms with Gasteiger partial charge in [0, 0.05) is 5.56 Å². The van der Waals surface area contributed by atoms with E-state index in [4.69, 9.17) is 23.1 Å². The van der Waals surface area contributed by atoms with Gasteiger partial charge in [0.2, 0.25) is 10.0 Å². The molecule has 0 radical (unpaired) electrons. The van der Waals surface area contributed by atoms with Gasteiger partial charge >= 0.3 is 0 Å². The minimum absolute atomic E-state index is 0.0621. The normalized spacial score (nSPS) is 14.7. The summed E-state index contributed by atoms with van der Waals surface area (Å²) in [5, 5.41) is 10.9. The van der Waals surface area contributed by atoms with Gasteiger partial charge in [-0.1, -0.05) is 57.2 Å². The third kappa shape index (κ3) is 5.15. The van der Waals surface area contributed by atoms with Crippen molar-refractivity contribution in [2.45, 2.75) is 37.6 Å². The zero-order chi connectivity index (χ0) is 26.3. The summed E-state index contributed by atoms with van der Waals surface area (Å²) in [5.41, 5.74) is 9.84. The lowest BCUT2D eigenvalue weighted by molar-refractivity contribution is -0.112. The Morgan fingerprint density at radius 3 is 2.22 bits per heavy atom. The third-order valence-electron chi connectivity index (χ3n) is 5.86. The summed E-state index contributed by atoms with van der Waals surface area (Å²) in [6, 6.07) is 21.2. The van der Waals surface area contributed by atoms with Gasteiger partial charge in [0.05, 0.1) is 22.8 Å². The summed E-state index contributed by atoms with van der Waals surface area (Å²) < 4.78 is 23.3. The van der Waals surface area contributed by atoms with Crippen molar-refractivity contribution in [3.05, 3.63) is 89.5 Å². The molecule has 3 aromatic rings. The Bertz CT molecular complexity index is 1460. The first-order chi connectivity index (χ1) is 16.9. The number of rotatable bonds is 5. The molecule has 36 heavy (non-hydrogen) atoms. The van der Waals surface area contributed by atoms with E-state index in [0.717, 1.165) is 16.8 Å². The molecular formula is C26H27N5O3S2. The van der Waals surface area contributed by atoms with E-state index < -0.39 is 10.0 Å². The van der Waals surface area contributed by atoms with Crippen molar-refractivity contribution in [1.29, 1.82) is 0 Å². The van der Waals surface area contributed by atoms with Crippen molar-refractivity contribution in [3.63, 3.8) is 0 Å². The average Bonchev–Trinajstić information content (AvgIpc) is 3.07. The number of carbonyl (C=O) groups is 1. The van der Waals surface area contributed by atoms with E-state index in [0.29, 0.717) is 17.8 Å². The number of hydrogen-bond donors (Lipinski definition) is 2. The number of anilines is 2. The molecule has 0 bridgehead atoms. The zero-order valence-corrected chi connectivity index (χ0v) is 21.8. The van der Waals surface area contributed by atoms with Gasteiger partial charge in [-0.3, -0.25) is 4.79 Å². The maximum absolute atomic E-state index is 13.7. The van der Waals surface area contributed by atoms with Crippen LogP contribution in [-0.2, 0) is 26.8 Å². The number of hydrogen-bond acceptors (Lipinski definition) is 5. The summed E-state index contributed by atoms with van der Waals surface area (Å²) >= 11 is 5.23. The van der Waals surface area contributed by atoms with E-state index in [2.05, 4.69) is 25.9 Å². The summed E-state index contributed by atoms with van der Waals surface area (Å²) in [6.45, 7) is 6.66. The van der Waals surface area contributed by atoms with E-state index in [-0.39, 0.29) is 27.0 Å². The molecule has 1 amide bonds. The maximum atomic E-state index is 13.7. The number of hydrazone groups is 1. The quantitative estimate of drug-likeness (QED) is 0.391. The highest BCUT2D eigenvalue weighted by molar-refractivity contribution is 7.89. The van der Waals surface area contributed by atoms with Gasteiger partial charge in [-0.05, 0) is 65.2 Å². The van der Waals surface area contributed by atoms with Crippen molar-refractivity contribution >= 4 is 50.3 Å². The van der Waals surface area contributed by atoms with Crippen LogP contribution in [0.2, 0.25) is 0 Å². The van der Waals surface area contributed by atoms with Gasteiger partial charge in [-0.15, -0.1) is 0 Å². The monoisotopic (exact) mass is 521 g/mol. The number of primary sulfonamides is 1. The Labute approximate surface area is 216 Å². The first-order valence-corrected chi connectivity index (χ1v) is 13.1. The molecule has 186 valence electrons. The number of carbonyl (C=O) groups excluding carboxylic acids is 1. The highest BCUT2D eigenvalue weighted by atomic mass is 32.2. The Morgan fingerprint density at radius 2 is 1.67 bits per heavy atom. The van der Waals surface area contributed by atoms with Gasteiger partial charge < -0.3 is 10.6 Å². The maximum Gasteiger partial charge on any atom is 0.279 e. The van der Waals surface area contributed by atoms with Crippen LogP contribution >= 0.6 is 12.2 Å². The highest BCUT2D eigenvalue weighted by Gasteiger charge is 2.36.